The van der Waals surface area contributed by atoms with Crippen LogP contribution in [0.5, 0.6) is 5.75 Å². The van der Waals surface area contributed by atoms with Crippen LogP contribution >= 0.6 is 0 Å². The number of allylic oxidation sites excluding steroid dienone is 4. The van der Waals surface area contributed by atoms with Gasteiger partial charge in [-0.3, -0.25) is 4.31 Å². The van der Waals surface area contributed by atoms with E-state index in [1.807, 2.05) is 0 Å². The van der Waals surface area contributed by atoms with E-state index < -0.39 is 26.1 Å². The zero-order valence-corrected chi connectivity index (χ0v) is 14.4. The van der Waals surface area contributed by atoms with Crippen molar-refractivity contribution in [2.45, 2.75) is 6.04 Å². The standard InChI is InChI=1S/C9H10N2O4S.C6H4O2S/c12-6-7-5-11(16(14,15)10-7)8-3-1-2-4-9(8)13;7-9(8)5-1-2-6(9)4-3-5/h1-4,6-7,10,13H,5H2;1-4H. The Morgan fingerprint density at radius 1 is 1.08 bits per heavy atom. The fourth-order valence-corrected chi connectivity index (χ4v) is 5.15. The first-order chi connectivity index (χ1) is 11.8. The van der Waals surface area contributed by atoms with E-state index in [1.54, 1.807) is 36.4 Å². The van der Waals surface area contributed by atoms with E-state index >= 15 is 0 Å². The molecule has 3 aliphatic heterocycles. The number of phenolic OH excluding ortho intramolecular Hbond substituents is 1. The number of sulfone groups is 1. The molecule has 4 rings (SSSR count). The van der Waals surface area contributed by atoms with Gasteiger partial charge in [-0.05, 0) is 36.4 Å². The summed E-state index contributed by atoms with van der Waals surface area (Å²) in [4.78, 5) is 11.4. The summed E-state index contributed by atoms with van der Waals surface area (Å²) in [7, 11) is -6.71. The SMILES string of the molecule is O=CC1CN(c2ccccc2O)S(=O)(=O)N1.O=S1(=O)C2=CC=C1C=C2. The first-order valence-corrected chi connectivity index (χ1v) is 10.1. The maximum absolute atomic E-state index is 11.6. The Kier molecular flexibility index (Phi) is 4.27. The lowest BCUT2D eigenvalue weighted by Gasteiger charge is -2.16. The molecule has 1 atom stereocenters. The fourth-order valence-electron chi connectivity index (χ4n) is 2.48. The van der Waals surface area contributed by atoms with Crippen LogP contribution in [0.4, 0.5) is 5.69 Å². The van der Waals surface area contributed by atoms with Gasteiger partial charge in [0.15, 0.2) is 0 Å². The third-order valence-electron chi connectivity index (χ3n) is 3.71. The monoisotopic (exact) mass is 382 g/mol. The Morgan fingerprint density at radius 3 is 2.08 bits per heavy atom. The number of phenols is 1. The number of carbonyl (C=O) groups excluding carboxylic acids is 1. The van der Waals surface area contributed by atoms with Gasteiger partial charge in [-0.15, -0.1) is 0 Å². The third kappa shape index (κ3) is 3.11. The van der Waals surface area contributed by atoms with Crippen molar-refractivity contribution in [1.82, 2.24) is 4.72 Å². The molecule has 0 saturated carbocycles. The molecule has 25 heavy (non-hydrogen) atoms. The van der Waals surface area contributed by atoms with Crippen molar-refractivity contribution in [2.24, 2.45) is 0 Å². The molecule has 2 bridgehead atoms. The molecule has 3 heterocycles. The molecular weight excluding hydrogens is 368 g/mol. The molecule has 1 unspecified atom stereocenters. The van der Waals surface area contributed by atoms with Gasteiger partial charge in [-0.1, -0.05) is 12.1 Å². The van der Waals surface area contributed by atoms with Crippen LogP contribution < -0.4 is 9.03 Å². The molecule has 0 aliphatic carbocycles. The molecular formula is C15H14N2O6S2. The number of rotatable bonds is 2. The first kappa shape index (κ1) is 17.4. The van der Waals surface area contributed by atoms with Gasteiger partial charge >= 0.3 is 10.2 Å². The number of aromatic hydroxyl groups is 1. The number of carbonyl (C=O) groups is 1. The molecule has 1 aromatic carbocycles. The van der Waals surface area contributed by atoms with Gasteiger partial charge in [-0.2, -0.15) is 13.1 Å². The van der Waals surface area contributed by atoms with Gasteiger partial charge in [0.05, 0.1) is 28.1 Å². The number of benzene rings is 1. The van der Waals surface area contributed by atoms with Crippen LogP contribution in [0.1, 0.15) is 0 Å². The molecule has 8 nitrogen and oxygen atoms in total. The average molecular weight is 382 g/mol. The van der Waals surface area contributed by atoms with Crippen LogP contribution in [0.3, 0.4) is 0 Å². The minimum absolute atomic E-state index is 0.0105. The molecule has 1 fully saturated rings. The van der Waals surface area contributed by atoms with Crippen molar-refractivity contribution in [1.29, 1.82) is 0 Å². The second kappa shape index (κ2) is 6.14. The highest BCUT2D eigenvalue weighted by molar-refractivity contribution is 8.00. The van der Waals surface area contributed by atoms with Crippen LogP contribution in [-0.2, 0) is 24.8 Å². The third-order valence-corrected chi connectivity index (χ3v) is 7.02. The van der Waals surface area contributed by atoms with E-state index in [9.17, 15) is 26.7 Å². The van der Waals surface area contributed by atoms with Gasteiger partial charge in [0.2, 0.25) is 9.84 Å². The maximum atomic E-state index is 11.6. The lowest BCUT2D eigenvalue weighted by Crippen LogP contribution is -2.30. The minimum Gasteiger partial charge on any atom is -0.506 e. The van der Waals surface area contributed by atoms with Gasteiger partial charge in [-0.25, -0.2) is 8.42 Å². The first-order valence-electron chi connectivity index (χ1n) is 7.14. The zero-order valence-electron chi connectivity index (χ0n) is 12.7. The topological polar surface area (TPSA) is 121 Å². The van der Waals surface area contributed by atoms with Crippen LogP contribution in [0, 0.1) is 0 Å². The number of nitrogens with zero attached hydrogens (tertiary/aromatic N) is 1. The predicted octanol–water partition coefficient (Wildman–Crippen LogP) is 0.367. The highest BCUT2D eigenvalue weighted by atomic mass is 32.2. The van der Waals surface area contributed by atoms with Crippen LogP contribution in [-0.4, -0.2) is 40.8 Å². The number of anilines is 1. The summed E-state index contributed by atoms with van der Waals surface area (Å²) in [6.45, 7) is -0.0105. The van der Waals surface area contributed by atoms with Crippen molar-refractivity contribution in [3.63, 3.8) is 0 Å². The molecule has 10 heteroatoms. The lowest BCUT2D eigenvalue weighted by atomic mass is 10.2. The molecule has 0 amide bonds. The number of para-hydroxylation sites is 2. The number of nitrogens with one attached hydrogen (secondary N) is 1. The Labute approximate surface area is 144 Å². The second-order valence-electron chi connectivity index (χ2n) is 5.36. The van der Waals surface area contributed by atoms with E-state index in [-0.39, 0.29) is 18.0 Å². The molecule has 0 aromatic heterocycles. The van der Waals surface area contributed by atoms with E-state index in [2.05, 4.69) is 4.72 Å². The van der Waals surface area contributed by atoms with Crippen molar-refractivity contribution in [3.8, 4) is 5.75 Å². The molecule has 0 radical (unpaired) electrons. The minimum atomic E-state index is -3.73. The highest BCUT2D eigenvalue weighted by Gasteiger charge is 2.36. The fraction of sp³-hybridized carbons (Fsp3) is 0.133. The molecule has 1 aromatic rings. The van der Waals surface area contributed by atoms with Crippen LogP contribution in [0.25, 0.3) is 0 Å². The molecule has 3 aliphatic rings. The number of fused-ring (bicyclic) bond motifs is 2. The molecule has 132 valence electrons. The number of aldehydes is 1. The van der Waals surface area contributed by atoms with Crippen molar-refractivity contribution in [2.75, 3.05) is 10.8 Å². The summed E-state index contributed by atoms with van der Waals surface area (Å²) >= 11 is 0. The largest absolute Gasteiger partial charge is 0.506 e. The summed E-state index contributed by atoms with van der Waals surface area (Å²) in [6.07, 6.45) is 6.99. The number of hydrogen-bond donors (Lipinski definition) is 2. The van der Waals surface area contributed by atoms with Gasteiger partial charge < -0.3 is 9.90 Å². The molecule has 1 saturated heterocycles. The summed E-state index contributed by atoms with van der Waals surface area (Å²) in [5, 5.41) is 9.54. The lowest BCUT2D eigenvalue weighted by molar-refractivity contribution is -0.108. The Balaban J connectivity index is 0.000000170. The van der Waals surface area contributed by atoms with Crippen LogP contribution in [0.15, 0.2) is 58.4 Å². The smallest absolute Gasteiger partial charge is 0.302 e. The van der Waals surface area contributed by atoms with E-state index in [4.69, 9.17) is 0 Å². The number of hydrogen-bond acceptors (Lipinski definition) is 6. The Morgan fingerprint density at radius 2 is 1.68 bits per heavy atom. The predicted molar refractivity (Wildman–Crippen MR) is 91.6 cm³/mol. The van der Waals surface area contributed by atoms with E-state index in [0.29, 0.717) is 16.1 Å². The summed E-state index contributed by atoms with van der Waals surface area (Å²) < 4.78 is 48.3. The summed E-state index contributed by atoms with van der Waals surface area (Å²) in [5.41, 5.74) is 0.166. The normalized spacial score (nSPS) is 24.3. The van der Waals surface area contributed by atoms with Crippen molar-refractivity contribution >= 4 is 32.0 Å². The van der Waals surface area contributed by atoms with E-state index in [0.717, 1.165) is 4.31 Å². The quantitative estimate of drug-likeness (QED) is 0.713. The van der Waals surface area contributed by atoms with Gasteiger partial charge in [0.1, 0.15) is 12.0 Å². The highest BCUT2D eigenvalue weighted by Crippen LogP contribution is 2.32. The Hall–Kier alpha value is -2.43. The van der Waals surface area contributed by atoms with Crippen LogP contribution in [0.2, 0.25) is 0 Å². The summed E-state index contributed by atoms with van der Waals surface area (Å²) in [6, 6.07) is 5.29. The Bertz CT molecular complexity index is 994. The van der Waals surface area contributed by atoms with E-state index in [1.165, 1.54) is 12.1 Å². The van der Waals surface area contributed by atoms with Crippen molar-refractivity contribution in [3.05, 3.63) is 58.4 Å². The van der Waals surface area contributed by atoms with Crippen molar-refractivity contribution < 1.29 is 26.7 Å². The maximum Gasteiger partial charge on any atom is 0.302 e. The zero-order chi connectivity index (χ0) is 18.2. The van der Waals surface area contributed by atoms with Gasteiger partial charge in [0.25, 0.3) is 0 Å². The second-order valence-corrected chi connectivity index (χ2v) is 8.94. The average Bonchev–Trinajstić information content (AvgIpc) is 3.15. The molecule has 2 N–H and O–H groups in total. The van der Waals surface area contributed by atoms with Gasteiger partial charge in [0, 0.05) is 0 Å². The summed E-state index contributed by atoms with van der Waals surface area (Å²) in [5.74, 6) is -0.139. The molecule has 0 spiro atoms.